The van der Waals surface area contributed by atoms with Crippen LogP contribution in [0.15, 0.2) is 42.5 Å². The summed E-state index contributed by atoms with van der Waals surface area (Å²) in [5.74, 6) is -3.27. The van der Waals surface area contributed by atoms with E-state index in [2.05, 4.69) is 5.32 Å². The molecule has 26 heavy (non-hydrogen) atoms. The molecule has 1 fully saturated rings. The zero-order valence-electron chi connectivity index (χ0n) is 13.8. The van der Waals surface area contributed by atoms with E-state index in [1.54, 1.807) is 17.0 Å². The van der Waals surface area contributed by atoms with Gasteiger partial charge in [-0.25, -0.2) is 13.2 Å². The predicted octanol–water partition coefficient (Wildman–Crippen LogP) is 2.88. The highest BCUT2D eigenvalue weighted by atomic mass is 19.1. The molecule has 2 aromatic rings. The van der Waals surface area contributed by atoms with Crippen LogP contribution in [0.4, 0.5) is 13.2 Å². The molecule has 2 aromatic carbocycles. The summed E-state index contributed by atoms with van der Waals surface area (Å²) in [4.78, 5) is 25.7. The third kappa shape index (κ3) is 4.04. The van der Waals surface area contributed by atoms with Crippen LogP contribution in [-0.4, -0.2) is 29.8 Å². The van der Waals surface area contributed by atoms with Crippen LogP contribution in [-0.2, 0) is 11.3 Å². The Morgan fingerprint density at radius 3 is 2.38 bits per heavy atom. The molecule has 1 aliphatic rings. The van der Waals surface area contributed by atoms with Crippen LogP contribution in [0.3, 0.4) is 0 Å². The molecular formula is C19H17F3N2O2. The Labute approximate surface area is 148 Å². The van der Waals surface area contributed by atoms with Crippen LogP contribution < -0.4 is 5.32 Å². The van der Waals surface area contributed by atoms with E-state index in [9.17, 15) is 22.8 Å². The van der Waals surface area contributed by atoms with Gasteiger partial charge < -0.3 is 10.2 Å². The summed E-state index contributed by atoms with van der Waals surface area (Å²) in [6.45, 7) is 0.903. The number of halogens is 3. The molecule has 1 aliphatic heterocycles. The largest absolute Gasteiger partial charge is 0.351 e. The average Bonchev–Trinajstić information content (AvgIpc) is 2.95. The molecule has 136 valence electrons. The first kappa shape index (κ1) is 18.0. The molecule has 2 amide bonds. The van der Waals surface area contributed by atoms with E-state index in [4.69, 9.17) is 0 Å². The van der Waals surface area contributed by atoms with E-state index in [1.165, 1.54) is 18.2 Å². The highest BCUT2D eigenvalue weighted by molar-refractivity contribution is 5.94. The topological polar surface area (TPSA) is 49.4 Å². The van der Waals surface area contributed by atoms with E-state index in [-0.39, 0.29) is 30.6 Å². The lowest BCUT2D eigenvalue weighted by atomic mass is 10.1. The third-order valence-electron chi connectivity index (χ3n) is 4.32. The molecule has 1 unspecified atom stereocenters. The van der Waals surface area contributed by atoms with Gasteiger partial charge in [0.1, 0.15) is 23.0 Å². The van der Waals surface area contributed by atoms with E-state index < -0.39 is 23.1 Å². The number of hydrogen-bond donors (Lipinski definition) is 1. The maximum atomic E-state index is 13.6. The number of benzene rings is 2. The summed E-state index contributed by atoms with van der Waals surface area (Å²) in [5.41, 5.74) is 0.179. The van der Waals surface area contributed by atoms with Gasteiger partial charge in [-0.05, 0) is 29.8 Å². The molecule has 4 nitrogen and oxygen atoms in total. The Bertz CT molecular complexity index is 804. The lowest BCUT2D eigenvalue weighted by Gasteiger charge is -2.17. The Hall–Kier alpha value is -2.83. The number of carbonyl (C=O) groups is 2. The minimum Gasteiger partial charge on any atom is -0.351 e. The fourth-order valence-corrected chi connectivity index (χ4v) is 2.99. The normalized spacial score (nSPS) is 16.8. The molecule has 0 aromatic heterocycles. The SMILES string of the molecule is O=C(NCC1CC(=O)N(Cc2ccc(F)cc2)C1)c1c(F)cccc1F. The van der Waals surface area contributed by atoms with Crippen molar-refractivity contribution in [2.75, 3.05) is 13.1 Å². The Morgan fingerprint density at radius 1 is 1.08 bits per heavy atom. The van der Waals surface area contributed by atoms with Gasteiger partial charge in [0.2, 0.25) is 5.91 Å². The molecule has 0 spiro atoms. The summed E-state index contributed by atoms with van der Waals surface area (Å²) in [7, 11) is 0. The summed E-state index contributed by atoms with van der Waals surface area (Å²) in [5, 5.41) is 2.49. The Morgan fingerprint density at radius 2 is 1.73 bits per heavy atom. The van der Waals surface area contributed by atoms with Crippen LogP contribution in [0.1, 0.15) is 22.3 Å². The van der Waals surface area contributed by atoms with E-state index in [1.807, 2.05) is 0 Å². The molecule has 0 saturated carbocycles. The van der Waals surface area contributed by atoms with Crippen molar-refractivity contribution in [2.24, 2.45) is 5.92 Å². The average molecular weight is 362 g/mol. The number of rotatable bonds is 5. The maximum absolute atomic E-state index is 13.6. The van der Waals surface area contributed by atoms with Crippen molar-refractivity contribution in [3.63, 3.8) is 0 Å². The number of nitrogens with zero attached hydrogens (tertiary/aromatic N) is 1. The van der Waals surface area contributed by atoms with Crippen LogP contribution in [0, 0.1) is 23.4 Å². The number of amides is 2. The van der Waals surface area contributed by atoms with Crippen molar-refractivity contribution in [1.29, 1.82) is 0 Å². The number of carbonyl (C=O) groups excluding carboxylic acids is 2. The van der Waals surface area contributed by atoms with Crippen LogP contribution in [0.25, 0.3) is 0 Å². The molecule has 1 heterocycles. The van der Waals surface area contributed by atoms with Gasteiger partial charge in [0, 0.05) is 32.0 Å². The summed E-state index contributed by atoms with van der Waals surface area (Å²) >= 11 is 0. The summed E-state index contributed by atoms with van der Waals surface area (Å²) in [6, 6.07) is 9.10. The van der Waals surface area contributed by atoms with Gasteiger partial charge in [0.15, 0.2) is 0 Å². The number of likely N-dealkylation sites (tertiary alicyclic amines) is 1. The first-order valence-electron chi connectivity index (χ1n) is 8.18. The van der Waals surface area contributed by atoms with Crippen molar-refractivity contribution < 1.29 is 22.8 Å². The van der Waals surface area contributed by atoms with Gasteiger partial charge in [-0.1, -0.05) is 18.2 Å². The predicted molar refractivity (Wildman–Crippen MR) is 88.6 cm³/mol. The van der Waals surface area contributed by atoms with Gasteiger partial charge in [-0.3, -0.25) is 9.59 Å². The molecule has 3 rings (SSSR count). The fourth-order valence-electron chi connectivity index (χ4n) is 2.99. The minimum absolute atomic E-state index is 0.0781. The second-order valence-electron chi connectivity index (χ2n) is 6.28. The Kier molecular flexibility index (Phi) is 5.25. The Balaban J connectivity index is 1.56. The minimum atomic E-state index is -0.928. The highest BCUT2D eigenvalue weighted by Crippen LogP contribution is 2.20. The second kappa shape index (κ2) is 7.59. The van der Waals surface area contributed by atoms with Gasteiger partial charge in [0.25, 0.3) is 5.91 Å². The lowest BCUT2D eigenvalue weighted by Crippen LogP contribution is -2.32. The van der Waals surface area contributed by atoms with Gasteiger partial charge >= 0.3 is 0 Å². The number of nitrogens with one attached hydrogen (secondary N) is 1. The molecule has 0 radical (unpaired) electrons. The van der Waals surface area contributed by atoms with E-state index in [0.29, 0.717) is 13.1 Å². The van der Waals surface area contributed by atoms with Crippen molar-refractivity contribution in [2.45, 2.75) is 13.0 Å². The first-order chi connectivity index (χ1) is 12.4. The van der Waals surface area contributed by atoms with E-state index >= 15 is 0 Å². The zero-order chi connectivity index (χ0) is 18.7. The monoisotopic (exact) mass is 362 g/mol. The quantitative estimate of drug-likeness (QED) is 0.889. The van der Waals surface area contributed by atoms with Crippen molar-refractivity contribution in [3.8, 4) is 0 Å². The summed E-state index contributed by atoms with van der Waals surface area (Å²) in [6.07, 6.45) is 0.237. The third-order valence-corrected chi connectivity index (χ3v) is 4.32. The fraction of sp³-hybridized carbons (Fsp3) is 0.263. The van der Waals surface area contributed by atoms with Crippen LogP contribution >= 0.6 is 0 Å². The molecule has 7 heteroatoms. The molecule has 1 N–H and O–H groups in total. The van der Waals surface area contributed by atoms with Gasteiger partial charge in [0.05, 0.1) is 0 Å². The summed E-state index contributed by atoms with van der Waals surface area (Å²) < 4.78 is 40.2. The van der Waals surface area contributed by atoms with E-state index in [0.717, 1.165) is 17.7 Å². The molecular weight excluding hydrogens is 345 g/mol. The highest BCUT2D eigenvalue weighted by Gasteiger charge is 2.30. The molecule has 0 aliphatic carbocycles. The van der Waals surface area contributed by atoms with Gasteiger partial charge in [-0.2, -0.15) is 0 Å². The standard InChI is InChI=1S/C19H17F3N2O2/c20-14-6-4-12(5-7-14)10-24-11-13(8-17(24)25)9-23-19(26)18-15(21)2-1-3-16(18)22/h1-7,13H,8-11H2,(H,23,26). The maximum Gasteiger partial charge on any atom is 0.257 e. The van der Waals surface area contributed by atoms with Gasteiger partial charge in [-0.15, -0.1) is 0 Å². The smallest absolute Gasteiger partial charge is 0.257 e. The first-order valence-corrected chi connectivity index (χ1v) is 8.18. The van der Waals surface area contributed by atoms with Crippen LogP contribution in [0.2, 0.25) is 0 Å². The molecule has 1 atom stereocenters. The molecule has 1 saturated heterocycles. The van der Waals surface area contributed by atoms with Crippen LogP contribution in [0.5, 0.6) is 0 Å². The number of hydrogen-bond acceptors (Lipinski definition) is 2. The second-order valence-corrected chi connectivity index (χ2v) is 6.28. The van der Waals surface area contributed by atoms with Crippen molar-refractivity contribution >= 4 is 11.8 Å². The molecule has 0 bridgehead atoms. The zero-order valence-corrected chi connectivity index (χ0v) is 13.8. The van der Waals surface area contributed by atoms with Crippen molar-refractivity contribution in [1.82, 2.24) is 10.2 Å². The lowest BCUT2D eigenvalue weighted by molar-refractivity contribution is -0.128. The van der Waals surface area contributed by atoms with Crippen molar-refractivity contribution in [3.05, 3.63) is 71.0 Å².